The molecular formula is C17H22. The van der Waals surface area contributed by atoms with Gasteiger partial charge in [-0.05, 0) is 61.5 Å². The van der Waals surface area contributed by atoms with Gasteiger partial charge >= 0.3 is 0 Å². The molecule has 90 valence electrons. The van der Waals surface area contributed by atoms with Gasteiger partial charge in [0.15, 0.2) is 0 Å². The van der Waals surface area contributed by atoms with Gasteiger partial charge in [-0.1, -0.05) is 43.2 Å². The summed E-state index contributed by atoms with van der Waals surface area (Å²) in [5, 5.41) is 0. The van der Waals surface area contributed by atoms with Crippen LogP contribution in [0, 0.1) is 0 Å². The van der Waals surface area contributed by atoms with Gasteiger partial charge in [-0.3, -0.25) is 0 Å². The van der Waals surface area contributed by atoms with E-state index in [0.717, 1.165) is 6.42 Å². The zero-order valence-corrected chi connectivity index (χ0v) is 11.4. The van der Waals surface area contributed by atoms with Crippen LogP contribution in [-0.4, -0.2) is 0 Å². The van der Waals surface area contributed by atoms with Crippen molar-refractivity contribution >= 4 is 5.57 Å². The lowest BCUT2D eigenvalue weighted by atomic mass is 9.93. The van der Waals surface area contributed by atoms with E-state index in [1.165, 1.54) is 40.7 Å². The summed E-state index contributed by atoms with van der Waals surface area (Å²) in [6, 6.07) is 8.89. The lowest BCUT2D eigenvalue weighted by molar-refractivity contribution is 0.917. The van der Waals surface area contributed by atoms with Crippen LogP contribution in [0.1, 0.15) is 51.7 Å². The molecule has 0 aliphatic heterocycles. The second kappa shape index (κ2) is 4.91. The zero-order chi connectivity index (χ0) is 12.4. The van der Waals surface area contributed by atoms with Crippen molar-refractivity contribution in [3.63, 3.8) is 0 Å². The van der Waals surface area contributed by atoms with Crippen LogP contribution in [0.2, 0.25) is 0 Å². The molecule has 1 aliphatic rings. The highest BCUT2D eigenvalue weighted by Gasteiger charge is 2.18. The van der Waals surface area contributed by atoms with Crippen molar-refractivity contribution in [1.82, 2.24) is 0 Å². The Hall–Kier alpha value is -1.30. The van der Waals surface area contributed by atoms with Crippen LogP contribution in [0.15, 0.2) is 41.0 Å². The Balaban J connectivity index is 2.43. The molecule has 0 fully saturated rings. The number of benzene rings is 1. The van der Waals surface area contributed by atoms with E-state index >= 15 is 0 Å². The molecule has 1 aliphatic carbocycles. The third-order valence-corrected chi connectivity index (χ3v) is 3.96. The largest absolute Gasteiger partial charge is 0.0657 e. The van der Waals surface area contributed by atoms with Crippen molar-refractivity contribution in [2.24, 2.45) is 0 Å². The summed E-state index contributed by atoms with van der Waals surface area (Å²) in [7, 11) is 0. The van der Waals surface area contributed by atoms with Gasteiger partial charge in [-0.2, -0.15) is 0 Å². The fourth-order valence-corrected chi connectivity index (χ4v) is 2.68. The number of hydrogen-bond donors (Lipinski definition) is 0. The minimum Gasteiger partial charge on any atom is -0.0657 e. The highest BCUT2D eigenvalue weighted by atomic mass is 14.2. The number of rotatable bonds is 3. The van der Waals surface area contributed by atoms with Gasteiger partial charge in [-0.15, -0.1) is 0 Å². The minimum atomic E-state index is 1.14. The molecule has 0 spiro atoms. The Morgan fingerprint density at radius 3 is 2.29 bits per heavy atom. The van der Waals surface area contributed by atoms with E-state index in [0.29, 0.717) is 0 Å². The molecule has 2 rings (SSSR count). The van der Waals surface area contributed by atoms with E-state index < -0.39 is 0 Å². The van der Waals surface area contributed by atoms with Gasteiger partial charge < -0.3 is 0 Å². The summed E-state index contributed by atoms with van der Waals surface area (Å²) >= 11 is 0. The second-order valence-corrected chi connectivity index (χ2v) is 5.09. The molecule has 0 unspecified atom stereocenters. The maximum atomic E-state index is 2.29. The van der Waals surface area contributed by atoms with Gasteiger partial charge in [0.05, 0.1) is 0 Å². The fraction of sp³-hybridized carbons (Fsp3) is 0.412. The monoisotopic (exact) mass is 226 g/mol. The average Bonchev–Trinajstić information content (AvgIpc) is 2.58. The van der Waals surface area contributed by atoms with E-state index in [1.807, 2.05) is 0 Å². The van der Waals surface area contributed by atoms with Gasteiger partial charge in [0.25, 0.3) is 0 Å². The third kappa shape index (κ3) is 2.22. The van der Waals surface area contributed by atoms with Crippen molar-refractivity contribution in [3.8, 4) is 0 Å². The number of hydrogen-bond acceptors (Lipinski definition) is 0. The molecule has 0 heterocycles. The van der Waals surface area contributed by atoms with Crippen molar-refractivity contribution in [2.75, 3.05) is 0 Å². The smallest absolute Gasteiger partial charge is 0.00553 e. The molecule has 0 aromatic heterocycles. The summed E-state index contributed by atoms with van der Waals surface area (Å²) in [6.45, 7) is 9.03. The number of allylic oxidation sites excluding steroid dienone is 4. The summed E-state index contributed by atoms with van der Waals surface area (Å²) in [6.07, 6.45) is 3.54. The zero-order valence-electron chi connectivity index (χ0n) is 11.4. The predicted octanol–water partition coefficient (Wildman–Crippen LogP) is 5.15. The Bertz CT molecular complexity index is 487. The minimum absolute atomic E-state index is 1.14. The van der Waals surface area contributed by atoms with E-state index in [9.17, 15) is 0 Å². The van der Waals surface area contributed by atoms with Crippen LogP contribution in [-0.2, 0) is 6.42 Å². The molecule has 1 aromatic rings. The van der Waals surface area contributed by atoms with Crippen molar-refractivity contribution < 1.29 is 0 Å². The molecule has 0 atom stereocenters. The molecule has 0 nitrogen and oxygen atoms in total. The van der Waals surface area contributed by atoms with Crippen molar-refractivity contribution in [1.29, 1.82) is 0 Å². The molecule has 0 saturated heterocycles. The lowest BCUT2D eigenvalue weighted by Crippen LogP contribution is -1.93. The van der Waals surface area contributed by atoms with E-state index in [-0.39, 0.29) is 0 Å². The standard InChI is InChI=1S/C17H22/c1-5-8-15-9-6-7-10-16(15)17-11-12(2)13(3)14(17)4/h6-7,9-10H,5,8,11H2,1-4H3. The van der Waals surface area contributed by atoms with Crippen molar-refractivity contribution in [3.05, 3.63) is 52.1 Å². The molecule has 0 heteroatoms. The Labute approximate surface area is 105 Å². The first-order valence-electron chi connectivity index (χ1n) is 6.60. The topological polar surface area (TPSA) is 0 Å². The summed E-state index contributed by atoms with van der Waals surface area (Å²) in [4.78, 5) is 0. The quantitative estimate of drug-likeness (QED) is 0.668. The first kappa shape index (κ1) is 12.2. The van der Waals surface area contributed by atoms with Gasteiger partial charge in [0.1, 0.15) is 0 Å². The van der Waals surface area contributed by atoms with Crippen LogP contribution >= 0.6 is 0 Å². The second-order valence-electron chi connectivity index (χ2n) is 5.09. The van der Waals surface area contributed by atoms with E-state index in [4.69, 9.17) is 0 Å². The van der Waals surface area contributed by atoms with Gasteiger partial charge in [-0.25, -0.2) is 0 Å². The van der Waals surface area contributed by atoms with Crippen molar-refractivity contribution in [2.45, 2.75) is 47.0 Å². The molecule has 17 heavy (non-hydrogen) atoms. The first-order valence-corrected chi connectivity index (χ1v) is 6.60. The molecule has 0 N–H and O–H groups in total. The average molecular weight is 226 g/mol. The molecule has 0 bridgehead atoms. The molecule has 1 aromatic carbocycles. The van der Waals surface area contributed by atoms with Gasteiger partial charge in [0.2, 0.25) is 0 Å². The van der Waals surface area contributed by atoms with Crippen LogP contribution < -0.4 is 0 Å². The highest BCUT2D eigenvalue weighted by Crippen LogP contribution is 2.38. The predicted molar refractivity (Wildman–Crippen MR) is 76.0 cm³/mol. The SMILES string of the molecule is CCCc1ccccc1C1=C(C)C(C)=C(C)C1. The van der Waals surface area contributed by atoms with Crippen LogP contribution in [0.5, 0.6) is 0 Å². The Morgan fingerprint density at radius 1 is 1.00 bits per heavy atom. The highest BCUT2D eigenvalue weighted by molar-refractivity contribution is 5.79. The third-order valence-electron chi connectivity index (χ3n) is 3.96. The van der Waals surface area contributed by atoms with Crippen LogP contribution in [0.25, 0.3) is 5.57 Å². The summed E-state index contributed by atoms with van der Waals surface area (Å²) in [5.74, 6) is 0. The molecule has 0 saturated carbocycles. The molecular weight excluding hydrogens is 204 g/mol. The Morgan fingerprint density at radius 2 is 1.71 bits per heavy atom. The van der Waals surface area contributed by atoms with E-state index in [1.54, 1.807) is 5.57 Å². The van der Waals surface area contributed by atoms with E-state index in [2.05, 4.69) is 52.0 Å². The molecule has 0 radical (unpaired) electrons. The fourth-order valence-electron chi connectivity index (χ4n) is 2.68. The summed E-state index contributed by atoms with van der Waals surface area (Å²) < 4.78 is 0. The van der Waals surface area contributed by atoms with Crippen LogP contribution in [0.3, 0.4) is 0 Å². The maximum absolute atomic E-state index is 2.29. The lowest BCUT2D eigenvalue weighted by Gasteiger charge is -2.11. The maximum Gasteiger partial charge on any atom is -0.00553 e. The van der Waals surface area contributed by atoms with Crippen LogP contribution in [0.4, 0.5) is 0 Å². The normalized spacial score (nSPS) is 16.0. The Kier molecular flexibility index (Phi) is 3.51. The molecule has 0 amide bonds. The first-order chi connectivity index (χ1) is 8.15. The van der Waals surface area contributed by atoms with Gasteiger partial charge in [0, 0.05) is 0 Å². The summed E-state index contributed by atoms with van der Waals surface area (Å²) in [5.41, 5.74) is 9.04. The number of aryl methyl sites for hydroxylation is 1.